The molecule has 0 rings (SSSR count). The van der Waals surface area contributed by atoms with Crippen LogP contribution >= 0.6 is 0 Å². The van der Waals surface area contributed by atoms with Crippen LogP contribution in [-0.4, -0.2) is 40.9 Å². The van der Waals surface area contributed by atoms with E-state index in [-0.39, 0.29) is 40.9 Å². The summed E-state index contributed by atoms with van der Waals surface area (Å²) in [4.78, 5) is 0. The van der Waals surface area contributed by atoms with E-state index in [1.54, 1.807) is 0 Å². The fourth-order valence-electron chi connectivity index (χ4n) is 0. The van der Waals surface area contributed by atoms with E-state index in [0.717, 1.165) is 0 Å². The van der Waals surface area contributed by atoms with Crippen molar-refractivity contribution in [3.8, 4) is 0 Å². The van der Waals surface area contributed by atoms with Gasteiger partial charge in [0.25, 0.3) is 0 Å². The van der Waals surface area contributed by atoms with Crippen LogP contribution in [0.4, 0.5) is 0 Å². The Hall–Kier alpha value is 0.698. The van der Waals surface area contributed by atoms with Crippen molar-refractivity contribution in [3.63, 3.8) is 0 Å². The molecule has 4 heteroatoms. The second-order valence-corrected chi connectivity index (χ2v) is 0. The van der Waals surface area contributed by atoms with Gasteiger partial charge < -0.3 is 16.4 Å². The average molecular weight is 179 g/mol. The van der Waals surface area contributed by atoms with Gasteiger partial charge in [-0.1, -0.05) is 0 Å². The summed E-state index contributed by atoms with van der Waals surface area (Å²) >= 11 is 0. The first-order valence-electron chi connectivity index (χ1n) is 0. The van der Waals surface area contributed by atoms with E-state index < -0.39 is 0 Å². The van der Waals surface area contributed by atoms with Crippen LogP contribution in [0.1, 0.15) is 0 Å². The molecule has 4 heavy (non-hydrogen) atoms. The molecule has 0 saturated carbocycles. The summed E-state index contributed by atoms with van der Waals surface area (Å²) in [6.45, 7) is 0. The molecule has 3 nitrogen and oxygen atoms in total. The van der Waals surface area contributed by atoms with Crippen LogP contribution < -0.4 is 0 Å². The third-order valence-corrected chi connectivity index (χ3v) is 0. The van der Waals surface area contributed by atoms with Crippen LogP contribution in [0, 0.1) is 0 Å². The topological polar surface area (TPSA) is 94.5 Å². The predicted molar refractivity (Wildman–Crippen MR) is 20.8 cm³/mol. The summed E-state index contributed by atoms with van der Waals surface area (Å²) in [5.41, 5.74) is 0. The third kappa shape index (κ3) is 16.0. The number of hydrogen-bond donors (Lipinski definition) is 0. The van der Waals surface area contributed by atoms with Crippen molar-refractivity contribution < 1.29 is 16.4 Å². The first kappa shape index (κ1) is 132. The molecule has 0 atom stereocenters. The van der Waals surface area contributed by atoms with Gasteiger partial charge in [-0.15, -0.1) is 0 Å². The van der Waals surface area contributed by atoms with E-state index in [9.17, 15) is 0 Å². The molecule has 0 bridgehead atoms. The molecule has 0 fully saturated rings. The Kier molecular flexibility index (Phi) is 1820. The maximum absolute atomic E-state index is 0. The molecule has 0 aromatic rings. The molecule has 0 amide bonds. The van der Waals surface area contributed by atoms with Crippen LogP contribution in [0.25, 0.3) is 0 Å². The van der Waals surface area contributed by atoms with E-state index in [4.69, 9.17) is 0 Å². The fourth-order valence-corrected chi connectivity index (χ4v) is 0. The summed E-state index contributed by atoms with van der Waals surface area (Å²) < 4.78 is 0. The Morgan fingerprint density at radius 2 is 0.500 bits per heavy atom. The average Bonchev–Trinajstić information content (AvgIpc) is 0. The van der Waals surface area contributed by atoms with Crippen LogP contribution in [0.15, 0.2) is 0 Å². The summed E-state index contributed by atoms with van der Waals surface area (Å²) in [5, 5.41) is 0. The van der Waals surface area contributed by atoms with Crippen molar-refractivity contribution >= 4 is 24.4 Å². The minimum atomic E-state index is 0. The van der Waals surface area contributed by atoms with Crippen LogP contribution in [0.5, 0.6) is 0 Å². The van der Waals surface area contributed by atoms with Gasteiger partial charge in [0.15, 0.2) is 0 Å². The summed E-state index contributed by atoms with van der Waals surface area (Å²) in [5.74, 6) is 0. The van der Waals surface area contributed by atoms with Crippen LogP contribution in [0.3, 0.4) is 0 Å². The third-order valence-electron chi connectivity index (χ3n) is 0. The Morgan fingerprint density at radius 3 is 0.500 bits per heavy atom. The molecule has 0 aliphatic carbocycles. The molecule has 0 aliphatic heterocycles. The molecule has 0 aliphatic rings. The van der Waals surface area contributed by atoms with Crippen molar-refractivity contribution in [3.05, 3.63) is 0 Å². The summed E-state index contributed by atoms with van der Waals surface area (Å²) in [7, 11) is 0. The summed E-state index contributed by atoms with van der Waals surface area (Å²) in [6.07, 6.45) is 0. The number of rotatable bonds is 0. The van der Waals surface area contributed by atoms with Gasteiger partial charge in [-0.3, -0.25) is 0 Å². The zero-order valence-corrected chi connectivity index (χ0v) is 6.24. The van der Waals surface area contributed by atoms with Crippen molar-refractivity contribution in [1.29, 1.82) is 0 Å². The van der Waals surface area contributed by atoms with Gasteiger partial charge in [0.05, 0.1) is 0 Å². The molecule has 6 N–H and O–H groups in total. The molecule has 0 aromatic heterocycles. The second-order valence-electron chi connectivity index (χ2n) is 0. The molecule has 32 valence electrons. The van der Waals surface area contributed by atoms with Crippen molar-refractivity contribution in [1.82, 2.24) is 0 Å². The Morgan fingerprint density at radius 1 is 0.500 bits per heavy atom. The predicted octanol–water partition coefficient (Wildman–Crippen LogP) is -3.66. The normalized spacial score (nSPS) is 0. The molecule has 0 unspecified atom stereocenters. The molecule has 0 spiro atoms. The van der Waals surface area contributed by atoms with Gasteiger partial charge in [-0.05, 0) is 0 Å². The van der Waals surface area contributed by atoms with E-state index in [1.807, 2.05) is 0 Å². The van der Waals surface area contributed by atoms with Crippen LogP contribution in [-0.2, 0) is 0 Å². The van der Waals surface area contributed by atoms with Crippen LogP contribution in [0.2, 0.25) is 0 Å². The first-order valence-corrected chi connectivity index (χ1v) is 0. The standard InChI is InChI=1S/3H2O.Sb.3H/h3*1H2;;;;. The van der Waals surface area contributed by atoms with E-state index in [0.29, 0.717) is 0 Å². The van der Waals surface area contributed by atoms with Crippen molar-refractivity contribution in [2.75, 3.05) is 0 Å². The SMILES string of the molecule is O.O.O.[SbH3]. The van der Waals surface area contributed by atoms with Gasteiger partial charge in [0.2, 0.25) is 0 Å². The van der Waals surface area contributed by atoms with Gasteiger partial charge in [0, 0.05) is 0 Å². The Balaban J connectivity index is 0. The maximum atomic E-state index is 0. The zero-order valence-electron chi connectivity index (χ0n) is 2.21. The minimum absolute atomic E-state index is 0. The zero-order chi connectivity index (χ0) is 0. The Bertz CT molecular complexity index is 3.25. The molecular formula is H9O3Sb. The molecule has 0 aromatic carbocycles. The summed E-state index contributed by atoms with van der Waals surface area (Å²) in [6, 6.07) is 0. The second kappa shape index (κ2) is 55.2. The monoisotopic (exact) mass is 178 g/mol. The van der Waals surface area contributed by atoms with E-state index >= 15 is 0 Å². The van der Waals surface area contributed by atoms with Crippen molar-refractivity contribution in [2.24, 2.45) is 0 Å². The molecular weight excluding hydrogens is 170 g/mol. The fraction of sp³-hybridized carbons (Fsp3) is 0. The van der Waals surface area contributed by atoms with Gasteiger partial charge in [-0.2, -0.15) is 0 Å². The quantitative estimate of drug-likeness (QED) is 0.342. The first-order chi connectivity index (χ1) is 0. The van der Waals surface area contributed by atoms with Gasteiger partial charge in [0.1, 0.15) is 0 Å². The van der Waals surface area contributed by atoms with E-state index in [1.165, 1.54) is 0 Å². The van der Waals surface area contributed by atoms with Crippen molar-refractivity contribution in [2.45, 2.75) is 0 Å². The molecule has 0 heterocycles. The Labute approximate surface area is 41.4 Å². The molecule has 0 saturated heterocycles. The molecule has 0 radical (unpaired) electrons. The van der Waals surface area contributed by atoms with Gasteiger partial charge >= 0.3 is 24.4 Å². The van der Waals surface area contributed by atoms with E-state index in [2.05, 4.69) is 0 Å². The van der Waals surface area contributed by atoms with Gasteiger partial charge in [-0.25, -0.2) is 0 Å². The number of hydrogen-bond acceptors (Lipinski definition) is 0.